The van der Waals surface area contributed by atoms with Crippen molar-refractivity contribution in [2.45, 2.75) is 0 Å². The first-order chi connectivity index (χ1) is 4.63. The zero-order valence-corrected chi connectivity index (χ0v) is 11.2. The molecule has 2 radical (unpaired) electrons. The van der Waals surface area contributed by atoms with Crippen molar-refractivity contribution < 1.29 is 19.1 Å². The van der Waals surface area contributed by atoms with Crippen LogP contribution in [0.1, 0.15) is 0 Å². The number of ether oxygens (including phenoxy) is 2. The molecule has 0 aromatic carbocycles. The summed E-state index contributed by atoms with van der Waals surface area (Å²) in [5.74, 6) is 0. The Morgan fingerprint density at radius 1 is 0.917 bits per heavy atom. The molecule has 0 saturated carbocycles. The van der Waals surface area contributed by atoms with E-state index in [4.69, 9.17) is 0 Å². The summed E-state index contributed by atoms with van der Waals surface area (Å²) < 4.78 is 8.40. The van der Waals surface area contributed by atoms with Crippen LogP contribution in [0.3, 0.4) is 0 Å². The van der Waals surface area contributed by atoms with Crippen molar-refractivity contribution in [3.8, 4) is 0 Å². The molecule has 0 bridgehead atoms. The molecule has 8 heteroatoms. The molecule has 4 N–H and O–H groups in total. The topological polar surface area (TPSA) is 105 Å². The van der Waals surface area contributed by atoms with E-state index in [0.717, 1.165) is 0 Å². The average Bonchev–Trinajstić information content (AvgIpc) is 1.79. The Morgan fingerprint density at radius 3 is 1.33 bits per heavy atom. The molecule has 0 aliphatic carbocycles. The molecule has 60 valence electrons. The maximum Gasteiger partial charge on any atom is 0.404 e. The predicted molar refractivity (Wildman–Crippen MR) is 42.6 cm³/mol. The summed E-state index contributed by atoms with van der Waals surface area (Å²) in [6.45, 7) is -0.142. The van der Waals surface area contributed by atoms with Gasteiger partial charge in [-0.2, -0.15) is 0 Å². The van der Waals surface area contributed by atoms with Crippen LogP contribution in [0.2, 0.25) is 0 Å². The molecule has 6 nitrogen and oxygen atoms in total. The Kier molecular flexibility index (Phi) is 17.6. The van der Waals surface area contributed by atoms with Gasteiger partial charge in [-0.25, -0.2) is 9.59 Å². The van der Waals surface area contributed by atoms with Crippen LogP contribution in [0.25, 0.3) is 0 Å². The van der Waals surface area contributed by atoms with Crippen LogP contribution in [-0.4, -0.2) is 84.5 Å². The van der Waals surface area contributed by atoms with Gasteiger partial charge in [0.25, 0.3) is 0 Å². The minimum absolute atomic E-state index is 0. The maximum absolute atomic E-state index is 9.87. The van der Waals surface area contributed by atoms with Gasteiger partial charge in [0, 0.05) is 59.1 Å². The first-order valence-electron chi connectivity index (χ1n) is 2.47. The molecule has 0 heterocycles. The molecule has 0 aliphatic heterocycles. The second-order valence-corrected chi connectivity index (χ2v) is 1.33. The molecule has 0 rings (SSSR count). The smallest absolute Gasteiger partial charge is 0.404 e. The average molecular weight is 194 g/mol. The van der Waals surface area contributed by atoms with Crippen molar-refractivity contribution in [3.05, 3.63) is 0 Å². The number of carbonyl (C=O) groups excluding carboxylic acids is 2. The quantitative estimate of drug-likeness (QED) is 0.417. The van der Waals surface area contributed by atoms with Gasteiger partial charge in [-0.3, -0.25) is 0 Å². The first-order valence-corrected chi connectivity index (χ1v) is 2.47. The zero-order chi connectivity index (χ0) is 7.98. The number of nitrogens with two attached hydrogens (primary N) is 2. The summed E-state index contributed by atoms with van der Waals surface area (Å²) in [6, 6.07) is 0. The normalized spacial score (nSPS) is 7.00. The van der Waals surface area contributed by atoms with E-state index < -0.39 is 12.2 Å². The summed E-state index contributed by atoms with van der Waals surface area (Å²) in [7, 11) is 0. The standard InChI is InChI=1S/C4H8N2O4.2Na/c5-3(7)9-1-2-10-4(6)8;;/h1-2H2,(H2,5,7)(H2,6,8);;. The van der Waals surface area contributed by atoms with Crippen LogP contribution in [0.5, 0.6) is 0 Å². The number of rotatable bonds is 3. The summed E-state index contributed by atoms with van der Waals surface area (Å²) >= 11 is 0. The Balaban J connectivity index is -0.000000405. The van der Waals surface area contributed by atoms with Gasteiger partial charge >= 0.3 is 12.2 Å². The fourth-order valence-corrected chi connectivity index (χ4v) is 0.285. The fourth-order valence-electron chi connectivity index (χ4n) is 0.285. The van der Waals surface area contributed by atoms with Crippen molar-refractivity contribution in [2.75, 3.05) is 13.2 Å². The molecular weight excluding hydrogens is 186 g/mol. The van der Waals surface area contributed by atoms with Gasteiger partial charge in [0.15, 0.2) is 0 Å². The van der Waals surface area contributed by atoms with E-state index in [1.165, 1.54) is 0 Å². The molecule has 0 aromatic heterocycles. The molecule has 0 aromatic rings. The van der Waals surface area contributed by atoms with Crippen LogP contribution in [0.15, 0.2) is 0 Å². The summed E-state index contributed by atoms with van der Waals surface area (Å²) in [5, 5.41) is 0. The zero-order valence-electron chi connectivity index (χ0n) is 7.20. The first kappa shape index (κ1) is 18.3. The molecule has 0 spiro atoms. The van der Waals surface area contributed by atoms with Crippen molar-refractivity contribution in [3.63, 3.8) is 0 Å². The molecule has 0 aliphatic rings. The third-order valence-electron chi connectivity index (χ3n) is 0.572. The minimum Gasteiger partial charge on any atom is -0.446 e. The Labute approximate surface area is 114 Å². The van der Waals surface area contributed by atoms with Crippen LogP contribution in [-0.2, 0) is 9.47 Å². The van der Waals surface area contributed by atoms with Crippen molar-refractivity contribution in [1.29, 1.82) is 0 Å². The molecular formula is C4H8N2Na2O4. The van der Waals surface area contributed by atoms with E-state index in [2.05, 4.69) is 20.9 Å². The van der Waals surface area contributed by atoms with Crippen molar-refractivity contribution in [1.82, 2.24) is 0 Å². The van der Waals surface area contributed by atoms with Gasteiger partial charge in [0.1, 0.15) is 13.2 Å². The van der Waals surface area contributed by atoms with E-state index in [9.17, 15) is 9.59 Å². The maximum atomic E-state index is 9.87. The molecule has 12 heavy (non-hydrogen) atoms. The van der Waals surface area contributed by atoms with Gasteiger partial charge < -0.3 is 20.9 Å². The third kappa shape index (κ3) is 16.9. The minimum atomic E-state index is -0.909. The summed E-state index contributed by atoms with van der Waals surface area (Å²) in [6.07, 6.45) is -1.82. The van der Waals surface area contributed by atoms with Crippen molar-refractivity contribution in [2.24, 2.45) is 11.5 Å². The SMILES string of the molecule is NC(=O)OCCOC(N)=O.[Na].[Na]. The summed E-state index contributed by atoms with van der Waals surface area (Å²) in [4.78, 5) is 19.7. The van der Waals surface area contributed by atoms with E-state index in [-0.39, 0.29) is 72.3 Å². The second-order valence-electron chi connectivity index (χ2n) is 1.33. The molecule has 0 fully saturated rings. The van der Waals surface area contributed by atoms with Gasteiger partial charge in [-0.1, -0.05) is 0 Å². The molecule has 0 atom stereocenters. The third-order valence-corrected chi connectivity index (χ3v) is 0.572. The van der Waals surface area contributed by atoms with Crippen molar-refractivity contribution >= 4 is 71.3 Å². The van der Waals surface area contributed by atoms with E-state index in [1.807, 2.05) is 0 Å². The Hall–Kier alpha value is 0.540. The number of hydrogen-bond donors (Lipinski definition) is 2. The van der Waals surface area contributed by atoms with E-state index in [1.54, 1.807) is 0 Å². The van der Waals surface area contributed by atoms with Crippen LogP contribution in [0, 0.1) is 0 Å². The monoisotopic (exact) mass is 194 g/mol. The number of amides is 2. The van der Waals surface area contributed by atoms with Gasteiger partial charge in [-0.05, 0) is 0 Å². The van der Waals surface area contributed by atoms with Gasteiger partial charge in [0.05, 0.1) is 0 Å². The Bertz CT molecular complexity index is 127. The number of carbonyl (C=O) groups is 2. The number of primary amides is 2. The predicted octanol–water partition coefficient (Wildman–Crippen LogP) is -1.58. The largest absolute Gasteiger partial charge is 0.446 e. The van der Waals surface area contributed by atoms with Gasteiger partial charge in [-0.15, -0.1) is 0 Å². The van der Waals surface area contributed by atoms with Crippen LogP contribution < -0.4 is 11.5 Å². The second kappa shape index (κ2) is 11.5. The van der Waals surface area contributed by atoms with E-state index in [0.29, 0.717) is 0 Å². The van der Waals surface area contributed by atoms with E-state index >= 15 is 0 Å². The molecule has 0 saturated heterocycles. The number of hydrogen-bond acceptors (Lipinski definition) is 4. The van der Waals surface area contributed by atoms with Crippen LogP contribution in [0.4, 0.5) is 9.59 Å². The van der Waals surface area contributed by atoms with Gasteiger partial charge in [0.2, 0.25) is 0 Å². The summed E-state index contributed by atoms with van der Waals surface area (Å²) in [5.41, 5.74) is 9.15. The Morgan fingerprint density at radius 2 is 1.17 bits per heavy atom. The fraction of sp³-hybridized carbons (Fsp3) is 0.500. The molecule has 2 amide bonds. The van der Waals surface area contributed by atoms with Crippen LogP contribution >= 0.6 is 0 Å². The molecule has 0 unspecified atom stereocenters.